The fraction of sp³-hybridized carbons (Fsp3) is 0.200. The minimum atomic E-state index is -0.554. The summed E-state index contributed by atoms with van der Waals surface area (Å²) in [6.07, 6.45) is 0. The van der Waals surface area contributed by atoms with E-state index in [0.717, 1.165) is 0 Å². The first-order valence-electron chi connectivity index (χ1n) is 4.48. The number of hydrogen-bond donors (Lipinski definition) is 1. The number of esters is 1. The first kappa shape index (κ1) is 9.51. The third-order valence-electron chi connectivity index (χ3n) is 1.92. The second-order valence-corrected chi connectivity index (χ2v) is 2.93. The number of phenols is 1. The Labute approximate surface area is 85.2 Å². The van der Waals surface area contributed by atoms with Gasteiger partial charge in [0.15, 0.2) is 11.3 Å². The van der Waals surface area contributed by atoms with Gasteiger partial charge in [-0.1, -0.05) is 5.16 Å². The average Bonchev–Trinajstić information content (AvgIpc) is 2.60. The minimum Gasteiger partial charge on any atom is -0.508 e. The van der Waals surface area contributed by atoms with Crippen molar-refractivity contribution in [2.75, 3.05) is 6.61 Å². The molecule has 1 heterocycles. The molecule has 0 bridgehead atoms. The summed E-state index contributed by atoms with van der Waals surface area (Å²) in [6.45, 7) is 1.98. The van der Waals surface area contributed by atoms with Gasteiger partial charge in [0.25, 0.3) is 0 Å². The third-order valence-corrected chi connectivity index (χ3v) is 1.92. The smallest absolute Gasteiger partial charge is 0.361 e. The van der Waals surface area contributed by atoms with Gasteiger partial charge in [0.2, 0.25) is 0 Å². The molecule has 1 aromatic heterocycles. The lowest BCUT2D eigenvalue weighted by molar-refractivity contribution is 0.0517. The van der Waals surface area contributed by atoms with Gasteiger partial charge in [-0.3, -0.25) is 0 Å². The predicted molar refractivity (Wildman–Crippen MR) is 51.6 cm³/mol. The van der Waals surface area contributed by atoms with E-state index in [0.29, 0.717) is 11.0 Å². The molecule has 0 saturated carbocycles. The maximum absolute atomic E-state index is 11.4. The Kier molecular flexibility index (Phi) is 2.29. The number of ether oxygens (including phenoxy) is 1. The Morgan fingerprint density at radius 3 is 3.13 bits per heavy atom. The van der Waals surface area contributed by atoms with E-state index in [2.05, 4.69) is 5.16 Å². The van der Waals surface area contributed by atoms with E-state index in [1.54, 1.807) is 13.0 Å². The molecule has 0 radical (unpaired) electrons. The van der Waals surface area contributed by atoms with Gasteiger partial charge < -0.3 is 14.4 Å². The fourth-order valence-electron chi connectivity index (χ4n) is 1.27. The number of nitrogens with zero attached hydrogens (tertiary/aromatic N) is 1. The Hall–Kier alpha value is -2.04. The number of benzene rings is 1. The first-order valence-corrected chi connectivity index (χ1v) is 4.48. The number of aromatic nitrogens is 1. The van der Waals surface area contributed by atoms with Crippen molar-refractivity contribution in [2.45, 2.75) is 6.92 Å². The maximum Gasteiger partial charge on any atom is 0.361 e. The van der Waals surface area contributed by atoms with E-state index in [9.17, 15) is 9.90 Å². The van der Waals surface area contributed by atoms with Gasteiger partial charge in [0, 0.05) is 0 Å². The number of carbonyl (C=O) groups is 1. The molecule has 2 rings (SSSR count). The topological polar surface area (TPSA) is 72.6 Å². The Bertz CT molecular complexity index is 503. The van der Waals surface area contributed by atoms with Crippen molar-refractivity contribution in [3.63, 3.8) is 0 Å². The summed E-state index contributed by atoms with van der Waals surface area (Å²) in [5, 5.41) is 13.3. The Morgan fingerprint density at radius 2 is 2.40 bits per heavy atom. The molecular weight excluding hydrogens is 198 g/mol. The predicted octanol–water partition coefficient (Wildman–Crippen LogP) is 1.71. The van der Waals surface area contributed by atoms with Crippen LogP contribution < -0.4 is 0 Å². The summed E-state index contributed by atoms with van der Waals surface area (Å²) < 4.78 is 9.70. The highest BCUT2D eigenvalue weighted by Gasteiger charge is 2.17. The lowest BCUT2D eigenvalue weighted by atomic mass is 10.2. The molecule has 0 aliphatic carbocycles. The molecule has 2 aromatic rings. The molecule has 78 valence electrons. The molecule has 0 fully saturated rings. The molecule has 0 spiro atoms. The number of phenolic OH excluding ortho intramolecular Hbond substituents is 1. The monoisotopic (exact) mass is 207 g/mol. The fourth-order valence-corrected chi connectivity index (χ4v) is 1.27. The highest BCUT2D eigenvalue weighted by Crippen LogP contribution is 2.23. The number of hydrogen-bond acceptors (Lipinski definition) is 5. The summed E-state index contributed by atoms with van der Waals surface area (Å²) >= 11 is 0. The average molecular weight is 207 g/mol. The Morgan fingerprint density at radius 1 is 1.60 bits per heavy atom. The molecule has 5 heteroatoms. The van der Waals surface area contributed by atoms with Crippen molar-refractivity contribution in [1.29, 1.82) is 0 Å². The molecule has 0 amide bonds. The molecule has 0 atom stereocenters. The van der Waals surface area contributed by atoms with Gasteiger partial charge in [-0.05, 0) is 25.1 Å². The zero-order valence-electron chi connectivity index (χ0n) is 8.06. The van der Waals surface area contributed by atoms with Crippen LogP contribution in [0.2, 0.25) is 0 Å². The zero-order valence-corrected chi connectivity index (χ0v) is 8.06. The largest absolute Gasteiger partial charge is 0.508 e. The van der Waals surface area contributed by atoms with Crippen molar-refractivity contribution in [2.24, 2.45) is 0 Å². The first-order chi connectivity index (χ1) is 7.22. The summed E-state index contributed by atoms with van der Waals surface area (Å²) in [7, 11) is 0. The maximum atomic E-state index is 11.4. The second-order valence-electron chi connectivity index (χ2n) is 2.93. The lowest BCUT2D eigenvalue weighted by Gasteiger charge is -1.96. The summed E-state index contributed by atoms with van der Waals surface area (Å²) in [4.78, 5) is 11.4. The van der Waals surface area contributed by atoms with E-state index in [1.807, 2.05) is 0 Å². The van der Waals surface area contributed by atoms with Crippen LogP contribution >= 0.6 is 0 Å². The van der Waals surface area contributed by atoms with Crippen LogP contribution in [-0.4, -0.2) is 22.8 Å². The Balaban J connectivity index is 2.52. The normalized spacial score (nSPS) is 10.5. The number of fused-ring (bicyclic) bond motifs is 1. The van der Waals surface area contributed by atoms with Crippen molar-refractivity contribution in [1.82, 2.24) is 5.16 Å². The van der Waals surface area contributed by atoms with E-state index in [1.165, 1.54) is 12.1 Å². The molecule has 5 nitrogen and oxygen atoms in total. The van der Waals surface area contributed by atoms with E-state index >= 15 is 0 Å². The van der Waals surface area contributed by atoms with Crippen LogP contribution in [0.4, 0.5) is 0 Å². The van der Waals surface area contributed by atoms with Crippen LogP contribution in [0.1, 0.15) is 17.4 Å². The molecule has 1 aromatic carbocycles. The van der Waals surface area contributed by atoms with Gasteiger partial charge >= 0.3 is 5.97 Å². The van der Waals surface area contributed by atoms with Crippen molar-refractivity contribution in [3.8, 4) is 5.75 Å². The van der Waals surface area contributed by atoms with Crippen LogP contribution in [0.3, 0.4) is 0 Å². The van der Waals surface area contributed by atoms with Crippen molar-refractivity contribution in [3.05, 3.63) is 23.9 Å². The molecule has 0 aliphatic heterocycles. The second kappa shape index (κ2) is 3.61. The van der Waals surface area contributed by atoms with Crippen LogP contribution in [0.15, 0.2) is 22.7 Å². The van der Waals surface area contributed by atoms with Crippen molar-refractivity contribution >= 4 is 16.9 Å². The van der Waals surface area contributed by atoms with Gasteiger partial charge in [-0.2, -0.15) is 0 Å². The highest BCUT2D eigenvalue weighted by molar-refractivity contribution is 6.01. The van der Waals surface area contributed by atoms with Gasteiger partial charge in [-0.15, -0.1) is 0 Å². The van der Waals surface area contributed by atoms with Crippen molar-refractivity contribution < 1.29 is 19.2 Å². The molecule has 0 aliphatic rings. The lowest BCUT2D eigenvalue weighted by Crippen LogP contribution is -2.05. The van der Waals surface area contributed by atoms with Gasteiger partial charge in [-0.25, -0.2) is 4.79 Å². The minimum absolute atomic E-state index is 0.0521. The molecule has 0 unspecified atom stereocenters. The number of carbonyl (C=O) groups excluding carboxylic acids is 1. The van der Waals surface area contributed by atoms with Crippen LogP contribution in [-0.2, 0) is 4.74 Å². The molecular formula is C10H9NO4. The van der Waals surface area contributed by atoms with E-state index in [4.69, 9.17) is 9.26 Å². The molecule has 15 heavy (non-hydrogen) atoms. The third kappa shape index (κ3) is 1.63. The zero-order chi connectivity index (χ0) is 10.8. The van der Waals surface area contributed by atoms with Crippen LogP contribution in [0.25, 0.3) is 11.0 Å². The van der Waals surface area contributed by atoms with Gasteiger partial charge in [0.05, 0.1) is 12.0 Å². The quantitative estimate of drug-likeness (QED) is 0.759. The molecule has 1 N–H and O–H groups in total. The summed E-state index contributed by atoms with van der Waals surface area (Å²) in [5.74, 6) is -0.502. The standard InChI is InChI=1S/C10H9NO4/c1-2-14-10(13)9-7-5-6(12)3-4-8(7)15-11-9/h3-5,12H,2H2,1H3. The number of rotatable bonds is 2. The summed E-state index contributed by atoms with van der Waals surface area (Å²) in [6, 6.07) is 4.42. The van der Waals surface area contributed by atoms with Gasteiger partial charge in [0.1, 0.15) is 5.75 Å². The molecule has 0 saturated heterocycles. The van der Waals surface area contributed by atoms with E-state index in [-0.39, 0.29) is 18.1 Å². The van der Waals surface area contributed by atoms with Crippen LogP contribution in [0, 0.1) is 0 Å². The van der Waals surface area contributed by atoms with Crippen LogP contribution in [0.5, 0.6) is 5.75 Å². The SMILES string of the molecule is CCOC(=O)c1noc2ccc(O)cc12. The van der Waals surface area contributed by atoms with E-state index < -0.39 is 5.97 Å². The highest BCUT2D eigenvalue weighted by atomic mass is 16.5. The number of aromatic hydroxyl groups is 1. The summed E-state index contributed by atoms with van der Waals surface area (Å²) in [5.41, 5.74) is 0.526.